The van der Waals surface area contributed by atoms with Gasteiger partial charge in [0.05, 0.1) is 0 Å². The van der Waals surface area contributed by atoms with Gasteiger partial charge in [0.25, 0.3) is 0 Å². The van der Waals surface area contributed by atoms with Crippen molar-refractivity contribution < 1.29 is 14.6 Å². The maximum atomic E-state index is 11.2. The number of fused-ring (bicyclic) bond motifs is 1. The molecule has 0 aliphatic carbocycles. The number of aliphatic hydroxyl groups excluding tert-OH is 1. The van der Waals surface area contributed by atoms with E-state index in [0.717, 1.165) is 4.90 Å². The molecular formula is C9H8ClNO3. The van der Waals surface area contributed by atoms with Crippen molar-refractivity contribution in [1.29, 1.82) is 0 Å². The number of halogens is 1. The Hall–Kier alpha value is -1.26. The summed E-state index contributed by atoms with van der Waals surface area (Å²) < 4.78 is 4.94. The first-order chi connectivity index (χ1) is 6.59. The third-order valence-electron chi connectivity index (χ3n) is 2.10. The molecule has 0 saturated heterocycles. The van der Waals surface area contributed by atoms with Gasteiger partial charge in [0.1, 0.15) is 5.75 Å². The lowest BCUT2D eigenvalue weighted by atomic mass is 10.1. The minimum atomic E-state index is -0.995. The molecule has 0 saturated carbocycles. The number of benzene rings is 1. The number of aliphatic hydroxyl groups is 1. The van der Waals surface area contributed by atoms with Gasteiger partial charge in [-0.05, 0) is 18.2 Å². The van der Waals surface area contributed by atoms with Crippen molar-refractivity contribution in [3.63, 3.8) is 0 Å². The van der Waals surface area contributed by atoms with Crippen molar-refractivity contribution in [3.05, 3.63) is 28.8 Å². The van der Waals surface area contributed by atoms with Gasteiger partial charge in [-0.1, -0.05) is 11.6 Å². The number of amides is 1. The van der Waals surface area contributed by atoms with E-state index in [9.17, 15) is 9.90 Å². The molecule has 1 unspecified atom stereocenters. The Morgan fingerprint density at radius 2 is 2.29 bits per heavy atom. The van der Waals surface area contributed by atoms with E-state index in [-0.39, 0.29) is 0 Å². The van der Waals surface area contributed by atoms with Crippen LogP contribution < -0.4 is 4.74 Å². The minimum Gasteiger partial charge on any atom is -0.410 e. The van der Waals surface area contributed by atoms with Gasteiger partial charge in [-0.3, -0.25) is 4.90 Å². The van der Waals surface area contributed by atoms with Crippen molar-refractivity contribution in [2.75, 3.05) is 7.05 Å². The molecule has 1 amide bonds. The molecule has 5 heteroatoms. The summed E-state index contributed by atoms with van der Waals surface area (Å²) >= 11 is 5.76. The lowest BCUT2D eigenvalue weighted by Gasteiger charge is -2.29. The predicted octanol–water partition coefficient (Wildman–Crippen LogP) is 1.78. The Kier molecular flexibility index (Phi) is 2.09. The minimum absolute atomic E-state index is 0.352. The van der Waals surface area contributed by atoms with Crippen LogP contribution in [0.2, 0.25) is 5.02 Å². The monoisotopic (exact) mass is 213 g/mol. The molecule has 0 aromatic heterocycles. The van der Waals surface area contributed by atoms with Crippen molar-refractivity contribution >= 4 is 17.7 Å². The van der Waals surface area contributed by atoms with Gasteiger partial charge < -0.3 is 9.84 Å². The Balaban J connectivity index is 2.51. The van der Waals surface area contributed by atoms with E-state index in [4.69, 9.17) is 16.3 Å². The van der Waals surface area contributed by atoms with Gasteiger partial charge in [-0.25, -0.2) is 4.79 Å². The van der Waals surface area contributed by atoms with Crippen LogP contribution in [-0.4, -0.2) is 23.1 Å². The standard InChI is InChI=1S/C9H8ClNO3/c1-11-8(12)6-4-5(10)2-3-7(6)14-9(11)13/h2-4,8,12H,1H3. The molecule has 1 atom stereocenters. The van der Waals surface area contributed by atoms with Crippen LogP contribution in [0.3, 0.4) is 0 Å². The van der Waals surface area contributed by atoms with E-state index in [1.165, 1.54) is 7.05 Å². The van der Waals surface area contributed by atoms with E-state index in [2.05, 4.69) is 0 Å². The topological polar surface area (TPSA) is 49.8 Å². The predicted molar refractivity (Wildman–Crippen MR) is 50.2 cm³/mol. The molecule has 0 radical (unpaired) electrons. The van der Waals surface area contributed by atoms with E-state index in [1.54, 1.807) is 18.2 Å². The number of carbonyl (C=O) groups is 1. The molecule has 4 nitrogen and oxygen atoms in total. The van der Waals surface area contributed by atoms with Crippen LogP contribution in [0, 0.1) is 0 Å². The molecule has 1 heterocycles. The quantitative estimate of drug-likeness (QED) is 0.715. The molecule has 0 fully saturated rings. The highest BCUT2D eigenvalue weighted by Crippen LogP contribution is 2.33. The summed E-state index contributed by atoms with van der Waals surface area (Å²) in [5.41, 5.74) is 0.500. The number of nitrogens with zero attached hydrogens (tertiary/aromatic N) is 1. The van der Waals surface area contributed by atoms with Crippen molar-refractivity contribution in [2.24, 2.45) is 0 Å². The number of hydrogen-bond donors (Lipinski definition) is 1. The zero-order chi connectivity index (χ0) is 10.3. The lowest BCUT2D eigenvalue weighted by molar-refractivity contribution is 0.0148. The molecular weight excluding hydrogens is 206 g/mol. The molecule has 1 aliphatic heterocycles. The summed E-state index contributed by atoms with van der Waals surface area (Å²) in [6, 6.07) is 4.74. The van der Waals surface area contributed by atoms with Gasteiger partial charge in [0.15, 0.2) is 6.23 Å². The first-order valence-electron chi connectivity index (χ1n) is 4.02. The van der Waals surface area contributed by atoms with Crippen LogP contribution in [0.1, 0.15) is 11.8 Å². The van der Waals surface area contributed by atoms with E-state index < -0.39 is 12.3 Å². The Morgan fingerprint density at radius 1 is 1.57 bits per heavy atom. The van der Waals surface area contributed by atoms with Crippen molar-refractivity contribution in [2.45, 2.75) is 6.23 Å². The summed E-state index contributed by atoms with van der Waals surface area (Å²) in [6.07, 6.45) is -1.57. The molecule has 14 heavy (non-hydrogen) atoms. The van der Waals surface area contributed by atoms with E-state index >= 15 is 0 Å². The zero-order valence-corrected chi connectivity index (χ0v) is 8.15. The van der Waals surface area contributed by atoms with Crippen LogP contribution in [-0.2, 0) is 0 Å². The third-order valence-corrected chi connectivity index (χ3v) is 2.34. The van der Waals surface area contributed by atoms with E-state index in [0.29, 0.717) is 16.3 Å². The van der Waals surface area contributed by atoms with Gasteiger partial charge in [-0.2, -0.15) is 0 Å². The molecule has 1 N–H and O–H groups in total. The number of carbonyl (C=O) groups excluding carboxylic acids is 1. The average molecular weight is 214 g/mol. The molecule has 1 aliphatic rings. The number of rotatable bonds is 0. The smallest absolute Gasteiger partial charge is 0.410 e. The largest absolute Gasteiger partial charge is 0.417 e. The molecule has 1 aromatic carbocycles. The number of hydrogen-bond acceptors (Lipinski definition) is 3. The van der Waals surface area contributed by atoms with Crippen LogP contribution in [0.4, 0.5) is 4.79 Å². The normalized spacial score (nSPS) is 20.4. The van der Waals surface area contributed by atoms with Crippen LogP contribution in [0.25, 0.3) is 0 Å². The Morgan fingerprint density at radius 3 is 3.00 bits per heavy atom. The Labute approximate surface area is 85.7 Å². The van der Waals surface area contributed by atoms with Crippen LogP contribution in [0.15, 0.2) is 18.2 Å². The average Bonchev–Trinajstić information content (AvgIpc) is 2.16. The van der Waals surface area contributed by atoms with Crippen molar-refractivity contribution in [3.8, 4) is 5.75 Å². The second-order valence-corrected chi connectivity index (χ2v) is 3.47. The van der Waals surface area contributed by atoms with Gasteiger partial charge >= 0.3 is 6.09 Å². The lowest BCUT2D eigenvalue weighted by Crippen LogP contribution is -2.37. The summed E-state index contributed by atoms with van der Waals surface area (Å²) in [5.74, 6) is 0.352. The first-order valence-corrected chi connectivity index (χ1v) is 4.39. The van der Waals surface area contributed by atoms with Gasteiger partial charge in [-0.15, -0.1) is 0 Å². The van der Waals surface area contributed by atoms with E-state index in [1.807, 2.05) is 0 Å². The summed E-state index contributed by atoms with van der Waals surface area (Å²) in [6.45, 7) is 0. The Bertz CT molecular complexity index is 394. The maximum absolute atomic E-state index is 11.2. The van der Waals surface area contributed by atoms with Gasteiger partial charge in [0.2, 0.25) is 0 Å². The second-order valence-electron chi connectivity index (χ2n) is 3.03. The molecule has 1 aromatic rings. The number of ether oxygens (including phenoxy) is 1. The second kappa shape index (κ2) is 3.15. The fraction of sp³-hybridized carbons (Fsp3) is 0.222. The van der Waals surface area contributed by atoms with Crippen molar-refractivity contribution in [1.82, 2.24) is 4.90 Å². The SMILES string of the molecule is CN1C(=O)Oc2ccc(Cl)cc2C1O. The fourth-order valence-electron chi connectivity index (χ4n) is 1.29. The molecule has 0 bridgehead atoms. The van der Waals surface area contributed by atoms with Gasteiger partial charge in [0, 0.05) is 17.6 Å². The van der Waals surface area contributed by atoms with Crippen LogP contribution in [0.5, 0.6) is 5.75 Å². The molecule has 74 valence electrons. The zero-order valence-electron chi connectivity index (χ0n) is 7.40. The summed E-state index contributed by atoms with van der Waals surface area (Å²) in [7, 11) is 1.46. The van der Waals surface area contributed by atoms with Crippen LogP contribution >= 0.6 is 11.6 Å². The summed E-state index contributed by atoms with van der Waals surface area (Å²) in [5, 5.41) is 10.2. The molecule has 0 spiro atoms. The third kappa shape index (κ3) is 1.32. The molecule has 2 rings (SSSR count). The highest BCUT2D eigenvalue weighted by Gasteiger charge is 2.29. The highest BCUT2D eigenvalue weighted by molar-refractivity contribution is 6.30. The maximum Gasteiger partial charge on any atom is 0.417 e. The fourth-order valence-corrected chi connectivity index (χ4v) is 1.47. The highest BCUT2D eigenvalue weighted by atomic mass is 35.5. The summed E-state index contributed by atoms with van der Waals surface area (Å²) in [4.78, 5) is 12.3. The first kappa shape index (κ1) is 9.30.